The van der Waals surface area contributed by atoms with E-state index < -0.39 is 0 Å². The van der Waals surface area contributed by atoms with Gasteiger partial charge in [0.2, 0.25) is 0 Å². The quantitative estimate of drug-likeness (QED) is 0.777. The fraction of sp³-hybridized carbons (Fsp3) is 0.500. The first-order chi connectivity index (χ1) is 5.77. The van der Waals surface area contributed by atoms with Crippen LogP contribution in [0.25, 0.3) is 0 Å². The number of nitrogen functional groups attached to an aromatic ring is 1. The summed E-state index contributed by atoms with van der Waals surface area (Å²) in [6.45, 7) is 2.14. The zero-order valence-electron chi connectivity index (χ0n) is 7.32. The van der Waals surface area contributed by atoms with Crippen LogP contribution in [0.4, 0.5) is 5.82 Å². The van der Waals surface area contributed by atoms with Gasteiger partial charge in [-0.05, 0) is 24.8 Å². The van der Waals surface area contributed by atoms with Crippen molar-refractivity contribution in [2.45, 2.75) is 18.6 Å². The van der Waals surface area contributed by atoms with Gasteiger partial charge in [0, 0.05) is 5.25 Å². The Morgan fingerprint density at radius 3 is 2.67 bits per heavy atom. The van der Waals surface area contributed by atoms with Gasteiger partial charge in [0.15, 0.2) is 0 Å². The van der Waals surface area contributed by atoms with Crippen LogP contribution in [0.2, 0.25) is 0 Å². The minimum atomic E-state index is 0.443. The van der Waals surface area contributed by atoms with Crippen molar-refractivity contribution in [3.8, 4) is 0 Å². The molecule has 1 rings (SSSR count). The van der Waals surface area contributed by atoms with Gasteiger partial charge in [0.1, 0.15) is 5.82 Å². The average Bonchev–Trinajstić information content (AvgIpc) is 2.10. The molecule has 12 heavy (non-hydrogen) atoms. The van der Waals surface area contributed by atoms with Crippen molar-refractivity contribution >= 4 is 17.6 Å². The molecule has 66 valence electrons. The van der Waals surface area contributed by atoms with Crippen LogP contribution in [-0.4, -0.2) is 16.5 Å². The summed E-state index contributed by atoms with van der Waals surface area (Å²) in [5.74, 6) is 0.481. The van der Waals surface area contributed by atoms with Gasteiger partial charge in [-0.15, -0.1) is 5.10 Å². The second-order valence-corrected chi connectivity index (χ2v) is 3.56. The topological polar surface area (TPSA) is 51.8 Å². The lowest BCUT2D eigenvalue weighted by Gasteiger charge is -2.09. The Morgan fingerprint density at radius 1 is 1.50 bits per heavy atom. The van der Waals surface area contributed by atoms with Crippen LogP contribution in [-0.2, 0) is 0 Å². The van der Waals surface area contributed by atoms with Crippen molar-refractivity contribution < 1.29 is 0 Å². The number of hydrogen-bond donors (Lipinski definition) is 1. The molecule has 1 atom stereocenters. The number of nitrogens with two attached hydrogens (primary N) is 1. The first kappa shape index (κ1) is 9.32. The third-order valence-corrected chi connectivity index (χ3v) is 2.83. The minimum absolute atomic E-state index is 0.443. The molecule has 1 aromatic heterocycles. The molecule has 0 radical (unpaired) electrons. The summed E-state index contributed by atoms with van der Waals surface area (Å²) >= 11 is 1.79. The first-order valence-corrected chi connectivity index (χ1v) is 5.18. The van der Waals surface area contributed by atoms with Crippen molar-refractivity contribution in [1.29, 1.82) is 0 Å². The summed E-state index contributed by atoms with van der Waals surface area (Å²) < 4.78 is 0. The van der Waals surface area contributed by atoms with Gasteiger partial charge in [0.05, 0.1) is 5.69 Å². The predicted molar refractivity (Wildman–Crippen MR) is 53.0 cm³/mol. The van der Waals surface area contributed by atoms with Gasteiger partial charge < -0.3 is 5.73 Å². The summed E-state index contributed by atoms with van der Waals surface area (Å²) in [6.07, 6.45) is 3.14. The van der Waals surface area contributed by atoms with Crippen LogP contribution in [0.1, 0.15) is 24.3 Å². The highest BCUT2D eigenvalue weighted by Crippen LogP contribution is 2.27. The number of anilines is 1. The van der Waals surface area contributed by atoms with E-state index in [1.54, 1.807) is 17.8 Å². The van der Waals surface area contributed by atoms with E-state index in [1.807, 2.05) is 6.07 Å². The predicted octanol–water partition coefficient (Wildman–Crippen LogP) is 1.87. The summed E-state index contributed by atoms with van der Waals surface area (Å²) in [5, 5.41) is 8.28. The van der Waals surface area contributed by atoms with Crippen LogP contribution >= 0.6 is 11.8 Å². The molecule has 0 aliphatic heterocycles. The molecule has 2 N–H and O–H groups in total. The molecule has 0 amide bonds. The maximum absolute atomic E-state index is 5.43. The fourth-order valence-corrected chi connectivity index (χ4v) is 1.72. The highest BCUT2D eigenvalue weighted by atomic mass is 32.2. The van der Waals surface area contributed by atoms with Crippen LogP contribution in [0.3, 0.4) is 0 Å². The third kappa shape index (κ3) is 2.11. The number of hydrogen-bond acceptors (Lipinski definition) is 4. The molecule has 1 heterocycles. The van der Waals surface area contributed by atoms with Gasteiger partial charge in [-0.3, -0.25) is 0 Å². The van der Waals surface area contributed by atoms with E-state index in [-0.39, 0.29) is 0 Å². The minimum Gasteiger partial charge on any atom is -0.382 e. The van der Waals surface area contributed by atoms with Gasteiger partial charge in [-0.2, -0.15) is 16.9 Å². The lowest BCUT2D eigenvalue weighted by atomic mass is 10.2. The highest BCUT2D eigenvalue weighted by Gasteiger charge is 2.08. The van der Waals surface area contributed by atoms with E-state index in [4.69, 9.17) is 5.73 Å². The molecule has 0 saturated heterocycles. The molecule has 0 aliphatic rings. The Bertz CT molecular complexity index is 231. The van der Waals surface area contributed by atoms with Crippen LogP contribution < -0.4 is 5.73 Å². The zero-order chi connectivity index (χ0) is 8.97. The highest BCUT2D eigenvalue weighted by molar-refractivity contribution is 7.98. The Kier molecular flexibility index (Phi) is 3.34. The molecular weight excluding hydrogens is 170 g/mol. The lowest BCUT2D eigenvalue weighted by molar-refractivity contribution is 0.824. The number of nitrogens with zero attached hydrogens (tertiary/aromatic N) is 2. The van der Waals surface area contributed by atoms with Gasteiger partial charge in [0.25, 0.3) is 0 Å². The van der Waals surface area contributed by atoms with E-state index in [9.17, 15) is 0 Å². The van der Waals surface area contributed by atoms with Crippen LogP contribution in [0.15, 0.2) is 12.1 Å². The molecule has 0 spiro atoms. The molecule has 0 bridgehead atoms. The normalized spacial score (nSPS) is 12.8. The second-order valence-electron chi connectivity index (χ2n) is 2.52. The molecular formula is C8H13N3S. The molecule has 0 saturated carbocycles. The standard InChI is InChI=1S/C8H13N3S/c1-3-7(12-2)6-4-5-8(9)11-10-6/h4-5,7H,3H2,1-2H3,(H2,9,11). The van der Waals surface area contributed by atoms with Gasteiger partial charge in [-0.1, -0.05) is 6.92 Å². The van der Waals surface area contributed by atoms with Gasteiger partial charge in [-0.25, -0.2) is 0 Å². The summed E-state index contributed by atoms with van der Waals surface area (Å²) in [5.41, 5.74) is 6.44. The SMILES string of the molecule is CCC(SC)c1ccc(N)nn1. The lowest BCUT2D eigenvalue weighted by Crippen LogP contribution is -2.00. The second kappa shape index (κ2) is 4.30. The number of thioether (sulfide) groups is 1. The number of rotatable bonds is 3. The van der Waals surface area contributed by atoms with Crippen molar-refractivity contribution in [3.05, 3.63) is 17.8 Å². The van der Waals surface area contributed by atoms with E-state index >= 15 is 0 Å². The average molecular weight is 183 g/mol. The Morgan fingerprint density at radius 2 is 2.25 bits per heavy atom. The maximum atomic E-state index is 5.43. The molecule has 0 aliphatic carbocycles. The van der Waals surface area contributed by atoms with E-state index in [0.29, 0.717) is 11.1 Å². The largest absolute Gasteiger partial charge is 0.382 e. The van der Waals surface area contributed by atoms with Crippen molar-refractivity contribution in [2.24, 2.45) is 0 Å². The van der Waals surface area contributed by atoms with Crippen molar-refractivity contribution in [3.63, 3.8) is 0 Å². The summed E-state index contributed by atoms with van der Waals surface area (Å²) in [4.78, 5) is 0. The Labute approximate surface area is 76.8 Å². The first-order valence-electron chi connectivity index (χ1n) is 3.89. The van der Waals surface area contributed by atoms with Crippen LogP contribution in [0.5, 0.6) is 0 Å². The fourth-order valence-electron chi connectivity index (χ4n) is 1.02. The van der Waals surface area contributed by atoms with Crippen molar-refractivity contribution in [2.75, 3.05) is 12.0 Å². The van der Waals surface area contributed by atoms with E-state index in [1.165, 1.54) is 0 Å². The Balaban J connectivity index is 2.80. The molecule has 1 unspecified atom stereocenters. The molecule has 1 aromatic rings. The zero-order valence-corrected chi connectivity index (χ0v) is 8.14. The summed E-state index contributed by atoms with van der Waals surface area (Å²) in [6, 6.07) is 3.73. The maximum Gasteiger partial charge on any atom is 0.146 e. The van der Waals surface area contributed by atoms with Crippen molar-refractivity contribution in [1.82, 2.24) is 10.2 Å². The van der Waals surface area contributed by atoms with E-state index in [2.05, 4.69) is 23.4 Å². The molecule has 0 fully saturated rings. The van der Waals surface area contributed by atoms with Gasteiger partial charge >= 0.3 is 0 Å². The monoisotopic (exact) mass is 183 g/mol. The summed E-state index contributed by atoms with van der Waals surface area (Å²) in [7, 11) is 0. The Hall–Kier alpha value is -0.770. The molecule has 3 nitrogen and oxygen atoms in total. The van der Waals surface area contributed by atoms with Crippen LogP contribution in [0, 0.1) is 0 Å². The number of aromatic nitrogens is 2. The molecule has 4 heteroatoms. The van der Waals surface area contributed by atoms with E-state index in [0.717, 1.165) is 12.1 Å². The molecule has 0 aromatic carbocycles. The third-order valence-electron chi connectivity index (χ3n) is 1.69. The smallest absolute Gasteiger partial charge is 0.146 e.